The topological polar surface area (TPSA) is 26.3 Å². The number of hydrogen-bond donors (Lipinski definition) is 0. The normalized spacial score (nSPS) is 11.7. The minimum Gasteiger partial charge on any atom is -0.466 e. The third-order valence-electron chi connectivity index (χ3n) is 7.59. The zero-order valence-corrected chi connectivity index (χ0v) is 26.1. The molecule has 0 aliphatic heterocycles. The van der Waals surface area contributed by atoms with E-state index in [1.165, 1.54) is 148 Å². The molecule has 0 spiro atoms. The van der Waals surface area contributed by atoms with Crippen LogP contribution in [0.4, 0.5) is 0 Å². The Hall–Kier alpha value is -1.05. The van der Waals surface area contributed by atoms with Crippen molar-refractivity contribution in [2.75, 3.05) is 6.61 Å². The fourth-order valence-electron chi connectivity index (χ4n) is 4.99. The number of esters is 1. The molecule has 0 amide bonds. The lowest BCUT2D eigenvalue weighted by atomic mass is 10.0. The second kappa shape index (κ2) is 34.0. The Labute approximate surface area is 239 Å². The molecule has 0 heterocycles. The van der Waals surface area contributed by atoms with Gasteiger partial charge in [-0.25, -0.2) is 0 Å². The summed E-state index contributed by atoms with van der Waals surface area (Å²) < 4.78 is 5.43. The summed E-state index contributed by atoms with van der Waals surface area (Å²) in [5.41, 5.74) is 0. The maximum absolute atomic E-state index is 11.9. The number of rotatable bonds is 31. The van der Waals surface area contributed by atoms with Gasteiger partial charge in [-0.15, -0.1) is 0 Å². The largest absolute Gasteiger partial charge is 0.466 e. The van der Waals surface area contributed by atoms with Crippen molar-refractivity contribution in [2.45, 2.75) is 194 Å². The molecule has 224 valence electrons. The molecule has 0 unspecified atom stereocenters. The molecule has 0 aromatic heterocycles. The molecule has 0 aromatic carbocycles. The summed E-state index contributed by atoms with van der Waals surface area (Å²) in [6, 6.07) is 0. The first-order valence-corrected chi connectivity index (χ1v) is 17.3. The highest BCUT2D eigenvalue weighted by Gasteiger charge is 2.02. The lowest BCUT2D eigenvalue weighted by Crippen LogP contribution is -2.05. The van der Waals surface area contributed by atoms with E-state index >= 15 is 0 Å². The first-order valence-electron chi connectivity index (χ1n) is 17.3. The molecule has 0 radical (unpaired) electrons. The highest BCUT2D eigenvalue weighted by atomic mass is 16.5. The monoisotopic (exact) mass is 533 g/mol. The van der Waals surface area contributed by atoms with Crippen molar-refractivity contribution in [3.8, 4) is 0 Å². The van der Waals surface area contributed by atoms with Crippen LogP contribution in [0.25, 0.3) is 0 Å². The smallest absolute Gasteiger partial charge is 0.305 e. The lowest BCUT2D eigenvalue weighted by molar-refractivity contribution is -0.143. The standard InChI is InChI=1S/C36H68O2/c1-3-5-7-9-11-13-15-17-19-21-23-25-27-29-31-33-35-38-36(37)34-32-30-28-26-24-22-20-18-16-14-12-10-8-6-4-2/h12,14,18,20H,3-11,13,15-17,19,21-35H2,1-2H3/b14-12+,20-18+. The second-order valence-electron chi connectivity index (χ2n) is 11.5. The Morgan fingerprint density at radius 2 is 0.816 bits per heavy atom. The quantitative estimate of drug-likeness (QED) is 0.0504. The van der Waals surface area contributed by atoms with Crippen molar-refractivity contribution < 1.29 is 9.53 Å². The van der Waals surface area contributed by atoms with Gasteiger partial charge < -0.3 is 4.74 Å². The van der Waals surface area contributed by atoms with Gasteiger partial charge in [0.1, 0.15) is 0 Å². The van der Waals surface area contributed by atoms with Crippen molar-refractivity contribution in [2.24, 2.45) is 0 Å². The van der Waals surface area contributed by atoms with Crippen molar-refractivity contribution >= 4 is 5.97 Å². The van der Waals surface area contributed by atoms with Crippen LogP contribution in [0.2, 0.25) is 0 Å². The third-order valence-corrected chi connectivity index (χ3v) is 7.59. The summed E-state index contributed by atoms with van der Waals surface area (Å²) in [7, 11) is 0. The molecular formula is C36H68O2. The molecule has 0 fully saturated rings. The zero-order chi connectivity index (χ0) is 27.6. The van der Waals surface area contributed by atoms with E-state index in [1.54, 1.807) is 0 Å². The SMILES string of the molecule is CCCCC/C=C/C/C=C/CCCCCCCC(=O)OCCCCCCCCCCCCCCCCCC. The van der Waals surface area contributed by atoms with Gasteiger partial charge >= 0.3 is 5.97 Å². The van der Waals surface area contributed by atoms with Gasteiger partial charge in [-0.1, -0.05) is 167 Å². The Balaban J connectivity index is 3.21. The van der Waals surface area contributed by atoms with E-state index in [9.17, 15) is 4.79 Å². The molecule has 0 saturated carbocycles. The first-order chi connectivity index (χ1) is 18.8. The maximum Gasteiger partial charge on any atom is 0.305 e. The van der Waals surface area contributed by atoms with Crippen molar-refractivity contribution in [1.29, 1.82) is 0 Å². The van der Waals surface area contributed by atoms with Gasteiger partial charge in [-0.3, -0.25) is 4.79 Å². The Morgan fingerprint density at radius 3 is 1.32 bits per heavy atom. The molecule has 2 nitrogen and oxygen atoms in total. The molecule has 0 saturated heterocycles. The van der Waals surface area contributed by atoms with E-state index in [2.05, 4.69) is 38.2 Å². The summed E-state index contributed by atoms with van der Waals surface area (Å²) in [5.74, 6) is 0.0108. The van der Waals surface area contributed by atoms with Crippen LogP contribution in [0.3, 0.4) is 0 Å². The number of allylic oxidation sites excluding steroid dienone is 4. The molecule has 2 heteroatoms. The van der Waals surface area contributed by atoms with Gasteiger partial charge in [-0.2, -0.15) is 0 Å². The Kier molecular flexibility index (Phi) is 33.0. The van der Waals surface area contributed by atoms with Gasteiger partial charge in [0.15, 0.2) is 0 Å². The van der Waals surface area contributed by atoms with Crippen LogP contribution < -0.4 is 0 Å². The van der Waals surface area contributed by atoms with Gasteiger partial charge in [0, 0.05) is 6.42 Å². The molecular weight excluding hydrogens is 464 g/mol. The molecule has 0 bridgehead atoms. The molecule has 0 aliphatic rings. The van der Waals surface area contributed by atoms with E-state index in [0.29, 0.717) is 13.0 Å². The number of ether oxygens (including phenoxy) is 1. The van der Waals surface area contributed by atoms with Crippen LogP contribution >= 0.6 is 0 Å². The average Bonchev–Trinajstić information content (AvgIpc) is 2.92. The summed E-state index contributed by atoms with van der Waals surface area (Å²) in [6.45, 7) is 5.17. The predicted octanol–water partition coefficient (Wildman–Crippen LogP) is 12.6. The fraction of sp³-hybridized carbons (Fsp3) is 0.861. The number of carbonyl (C=O) groups excluding carboxylic acids is 1. The molecule has 0 atom stereocenters. The zero-order valence-electron chi connectivity index (χ0n) is 26.1. The van der Waals surface area contributed by atoms with E-state index in [0.717, 1.165) is 25.7 Å². The number of unbranched alkanes of at least 4 members (excludes halogenated alkanes) is 23. The van der Waals surface area contributed by atoms with E-state index < -0.39 is 0 Å². The molecule has 38 heavy (non-hydrogen) atoms. The lowest BCUT2D eigenvalue weighted by Gasteiger charge is -2.05. The molecule has 0 aliphatic carbocycles. The van der Waals surface area contributed by atoms with Crippen molar-refractivity contribution in [3.63, 3.8) is 0 Å². The predicted molar refractivity (Wildman–Crippen MR) is 170 cm³/mol. The van der Waals surface area contributed by atoms with Crippen LogP contribution in [-0.2, 0) is 9.53 Å². The van der Waals surface area contributed by atoms with E-state index in [1.807, 2.05) is 0 Å². The van der Waals surface area contributed by atoms with Gasteiger partial charge in [0.25, 0.3) is 0 Å². The molecule has 0 aromatic rings. The second-order valence-corrected chi connectivity index (χ2v) is 11.5. The number of carbonyl (C=O) groups is 1. The maximum atomic E-state index is 11.9. The van der Waals surface area contributed by atoms with E-state index in [4.69, 9.17) is 4.74 Å². The summed E-state index contributed by atoms with van der Waals surface area (Å²) in [5, 5.41) is 0. The highest BCUT2D eigenvalue weighted by molar-refractivity contribution is 5.69. The summed E-state index contributed by atoms with van der Waals surface area (Å²) >= 11 is 0. The van der Waals surface area contributed by atoms with Crippen LogP contribution in [0.15, 0.2) is 24.3 Å². The molecule has 0 rings (SSSR count). The van der Waals surface area contributed by atoms with Gasteiger partial charge in [0.05, 0.1) is 6.61 Å². The Morgan fingerprint density at radius 1 is 0.447 bits per heavy atom. The molecule has 0 N–H and O–H groups in total. The van der Waals surface area contributed by atoms with Crippen molar-refractivity contribution in [3.05, 3.63) is 24.3 Å². The Bertz CT molecular complexity index is 507. The third kappa shape index (κ3) is 33.0. The highest BCUT2D eigenvalue weighted by Crippen LogP contribution is 2.14. The minimum absolute atomic E-state index is 0.0108. The van der Waals surface area contributed by atoms with Gasteiger partial charge in [0.2, 0.25) is 0 Å². The van der Waals surface area contributed by atoms with Crippen LogP contribution in [0, 0.1) is 0 Å². The van der Waals surface area contributed by atoms with Gasteiger partial charge in [-0.05, 0) is 44.9 Å². The van der Waals surface area contributed by atoms with E-state index in [-0.39, 0.29) is 5.97 Å². The fourth-order valence-corrected chi connectivity index (χ4v) is 4.99. The number of hydrogen-bond acceptors (Lipinski definition) is 2. The minimum atomic E-state index is 0.0108. The van der Waals surface area contributed by atoms with Crippen LogP contribution in [-0.4, -0.2) is 12.6 Å². The summed E-state index contributed by atoms with van der Waals surface area (Å²) in [6.07, 6.45) is 45.2. The van der Waals surface area contributed by atoms with Crippen molar-refractivity contribution in [1.82, 2.24) is 0 Å². The van der Waals surface area contributed by atoms with Crippen LogP contribution in [0.1, 0.15) is 194 Å². The summed E-state index contributed by atoms with van der Waals surface area (Å²) in [4.78, 5) is 11.9. The average molecular weight is 533 g/mol. The first kappa shape index (κ1) is 37.0. The van der Waals surface area contributed by atoms with Crippen LogP contribution in [0.5, 0.6) is 0 Å².